The van der Waals surface area contributed by atoms with Crippen molar-refractivity contribution in [2.24, 2.45) is 0 Å². The molecule has 0 bridgehead atoms. The van der Waals surface area contributed by atoms with Gasteiger partial charge in [0.25, 0.3) is 5.91 Å². The minimum Gasteiger partial charge on any atom is -0.365 e. The number of hydrazine groups is 1. The standard InChI is InChI=1S/C19H17F4N5O/c20-11-5-7-16(24-9-11)26-18(29)15-10-25-17-8-6-14(27-28(15)17)12-3-1-2-4-13(12)19(21,22)23/h1-8,10,14,17,24-25,27H,9H2,(H,26,29). The van der Waals surface area contributed by atoms with Crippen LogP contribution in [0.2, 0.25) is 0 Å². The van der Waals surface area contributed by atoms with Gasteiger partial charge in [0.15, 0.2) is 0 Å². The smallest absolute Gasteiger partial charge is 0.365 e. The number of carbonyl (C=O) groups is 1. The lowest BCUT2D eigenvalue weighted by atomic mass is 9.99. The van der Waals surface area contributed by atoms with Crippen molar-refractivity contribution in [3.05, 3.63) is 83.2 Å². The van der Waals surface area contributed by atoms with Crippen molar-refractivity contribution in [2.45, 2.75) is 18.4 Å². The molecule has 29 heavy (non-hydrogen) atoms. The van der Waals surface area contributed by atoms with Gasteiger partial charge in [0.2, 0.25) is 0 Å². The molecule has 6 nitrogen and oxygen atoms in total. The molecule has 2 unspecified atom stereocenters. The van der Waals surface area contributed by atoms with Crippen LogP contribution in [0.4, 0.5) is 17.6 Å². The van der Waals surface area contributed by atoms with Crippen LogP contribution >= 0.6 is 0 Å². The quantitative estimate of drug-likeness (QED) is 0.458. The van der Waals surface area contributed by atoms with Crippen LogP contribution in [0.15, 0.2) is 72.1 Å². The highest BCUT2D eigenvalue weighted by Gasteiger charge is 2.38. The second-order valence-electron chi connectivity index (χ2n) is 6.59. The van der Waals surface area contributed by atoms with E-state index >= 15 is 0 Å². The summed E-state index contributed by atoms with van der Waals surface area (Å²) in [6, 6.07) is 4.52. The summed E-state index contributed by atoms with van der Waals surface area (Å²) in [5, 5.41) is 9.76. The van der Waals surface area contributed by atoms with Crippen LogP contribution < -0.4 is 21.4 Å². The maximum atomic E-state index is 13.4. The summed E-state index contributed by atoms with van der Waals surface area (Å²) >= 11 is 0. The highest BCUT2D eigenvalue weighted by molar-refractivity contribution is 5.94. The number of benzene rings is 1. The van der Waals surface area contributed by atoms with Crippen LogP contribution in [0.3, 0.4) is 0 Å². The first-order valence-electron chi connectivity index (χ1n) is 8.80. The van der Waals surface area contributed by atoms with Gasteiger partial charge in [-0.15, -0.1) is 0 Å². The first-order chi connectivity index (χ1) is 13.8. The van der Waals surface area contributed by atoms with Gasteiger partial charge in [0.1, 0.15) is 23.5 Å². The number of halogens is 4. The number of allylic oxidation sites excluding steroid dienone is 2. The average Bonchev–Trinajstić information content (AvgIpc) is 3.12. The lowest BCUT2D eigenvalue weighted by Crippen LogP contribution is -2.51. The summed E-state index contributed by atoms with van der Waals surface area (Å²) in [6.07, 6.45) is 2.48. The van der Waals surface area contributed by atoms with Crippen molar-refractivity contribution in [3.63, 3.8) is 0 Å². The molecule has 152 valence electrons. The Morgan fingerprint density at radius 1 is 1.17 bits per heavy atom. The number of hydrogen-bond donors (Lipinski definition) is 4. The van der Waals surface area contributed by atoms with Crippen LogP contribution in [-0.2, 0) is 11.0 Å². The van der Waals surface area contributed by atoms with E-state index in [0.29, 0.717) is 5.82 Å². The fourth-order valence-corrected chi connectivity index (χ4v) is 3.28. The summed E-state index contributed by atoms with van der Waals surface area (Å²) in [5.74, 6) is -0.536. The third-order valence-corrected chi connectivity index (χ3v) is 4.65. The van der Waals surface area contributed by atoms with Gasteiger partial charge >= 0.3 is 6.18 Å². The number of fused-ring (bicyclic) bond motifs is 1. The third-order valence-electron chi connectivity index (χ3n) is 4.65. The zero-order valence-corrected chi connectivity index (χ0v) is 14.9. The molecule has 0 saturated carbocycles. The molecule has 4 N–H and O–H groups in total. The van der Waals surface area contributed by atoms with E-state index in [0.717, 1.165) is 6.07 Å². The Morgan fingerprint density at radius 3 is 2.69 bits per heavy atom. The average molecular weight is 407 g/mol. The molecule has 1 aromatic carbocycles. The Morgan fingerprint density at radius 2 is 1.97 bits per heavy atom. The molecule has 3 aliphatic heterocycles. The predicted octanol–water partition coefficient (Wildman–Crippen LogP) is 2.31. The minimum atomic E-state index is -4.50. The molecule has 3 aliphatic rings. The Hall–Kier alpha value is -3.27. The second kappa shape index (κ2) is 7.28. The van der Waals surface area contributed by atoms with E-state index in [9.17, 15) is 22.4 Å². The van der Waals surface area contributed by atoms with Gasteiger partial charge in [0.05, 0.1) is 18.2 Å². The molecule has 4 rings (SSSR count). The normalized spacial score (nSPS) is 23.3. The van der Waals surface area contributed by atoms with E-state index in [2.05, 4.69) is 21.4 Å². The predicted molar refractivity (Wildman–Crippen MR) is 96.7 cm³/mol. The zero-order valence-electron chi connectivity index (χ0n) is 14.9. The van der Waals surface area contributed by atoms with Crippen molar-refractivity contribution in [3.8, 4) is 0 Å². The van der Waals surface area contributed by atoms with Crippen LogP contribution in [0.1, 0.15) is 17.2 Å². The first kappa shape index (κ1) is 19.1. The van der Waals surface area contributed by atoms with Crippen molar-refractivity contribution < 1.29 is 22.4 Å². The summed E-state index contributed by atoms with van der Waals surface area (Å²) in [5.41, 5.74) is 2.46. The summed E-state index contributed by atoms with van der Waals surface area (Å²) in [6.45, 7) is -0.0347. The number of dihydropyridines is 1. The van der Waals surface area contributed by atoms with Crippen molar-refractivity contribution >= 4 is 5.91 Å². The topological polar surface area (TPSA) is 68.4 Å². The highest BCUT2D eigenvalue weighted by Crippen LogP contribution is 2.36. The molecule has 0 aromatic heterocycles. The summed E-state index contributed by atoms with van der Waals surface area (Å²) in [4.78, 5) is 12.6. The maximum absolute atomic E-state index is 13.4. The summed E-state index contributed by atoms with van der Waals surface area (Å²) < 4.78 is 53.2. The molecular formula is C19H17F4N5O. The van der Waals surface area contributed by atoms with Crippen molar-refractivity contribution in [1.29, 1.82) is 0 Å². The molecule has 2 atom stereocenters. The van der Waals surface area contributed by atoms with Gasteiger partial charge < -0.3 is 16.0 Å². The van der Waals surface area contributed by atoms with E-state index in [-0.39, 0.29) is 23.6 Å². The zero-order chi connectivity index (χ0) is 20.6. The molecule has 0 radical (unpaired) electrons. The molecular weight excluding hydrogens is 390 g/mol. The van der Waals surface area contributed by atoms with Crippen LogP contribution in [0.25, 0.3) is 0 Å². The summed E-state index contributed by atoms with van der Waals surface area (Å²) in [7, 11) is 0. The molecule has 3 heterocycles. The molecule has 1 aromatic rings. The second-order valence-corrected chi connectivity index (χ2v) is 6.59. The molecule has 0 aliphatic carbocycles. The maximum Gasteiger partial charge on any atom is 0.416 e. The Bertz CT molecular complexity index is 950. The number of nitrogens with one attached hydrogen (secondary N) is 4. The molecule has 0 fully saturated rings. The Kier molecular flexibility index (Phi) is 4.79. The van der Waals surface area contributed by atoms with Gasteiger partial charge in [-0.25, -0.2) is 9.82 Å². The Balaban J connectivity index is 1.53. The van der Waals surface area contributed by atoms with Crippen LogP contribution in [0.5, 0.6) is 0 Å². The van der Waals surface area contributed by atoms with E-state index in [1.165, 1.54) is 41.6 Å². The third kappa shape index (κ3) is 3.83. The largest absolute Gasteiger partial charge is 0.416 e. The number of carbonyl (C=O) groups excluding carboxylic acids is 1. The molecule has 10 heteroatoms. The van der Waals surface area contributed by atoms with Gasteiger partial charge in [-0.1, -0.05) is 24.3 Å². The van der Waals surface area contributed by atoms with Gasteiger partial charge in [-0.2, -0.15) is 13.2 Å². The number of alkyl halides is 3. The fraction of sp³-hybridized carbons (Fsp3) is 0.211. The first-order valence-corrected chi connectivity index (χ1v) is 8.80. The van der Waals surface area contributed by atoms with Crippen molar-refractivity contribution in [2.75, 3.05) is 6.54 Å². The Labute approximate surface area is 163 Å². The van der Waals surface area contributed by atoms with Crippen molar-refractivity contribution in [1.82, 2.24) is 26.4 Å². The molecule has 0 saturated heterocycles. The lowest BCUT2D eigenvalue weighted by molar-refractivity contribution is -0.138. The SMILES string of the molecule is O=C(NC1=CC=C(F)CN1)C1=CNC2C=CC(c3ccccc3C(F)(F)F)NN12. The van der Waals surface area contributed by atoms with Crippen LogP contribution in [-0.4, -0.2) is 23.6 Å². The van der Waals surface area contributed by atoms with E-state index < -0.39 is 29.9 Å². The molecule has 1 amide bonds. The van der Waals surface area contributed by atoms with Gasteiger partial charge in [-0.05, 0) is 29.9 Å². The lowest BCUT2D eigenvalue weighted by Gasteiger charge is -2.35. The number of rotatable bonds is 3. The highest BCUT2D eigenvalue weighted by atomic mass is 19.4. The molecule has 0 spiro atoms. The number of nitrogens with zero attached hydrogens (tertiary/aromatic N) is 1. The van der Waals surface area contributed by atoms with Gasteiger partial charge in [0, 0.05) is 6.20 Å². The van der Waals surface area contributed by atoms with Gasteiger partial charge in [-0.3, -0.25) is 9.80 Å². The van der Waals surface area contributed by atoms with E-state index in [1.807, 2.05) is 0 Å². The number of amides is 1. The van der Waals surface area contributed by atoms with E-state index in [4.69, 9.17) is 0 Å². The van der Waals surface area contributed by atoms with E-state index in [1.54, 1.807) is 12.2 Å². The monoisotopic (exact) mass is 407 g/mol. The minimum absolute atomic E-state index is 0.0347. The number of hydrogen-bond acceptors (Lipinski definition) is 5. The van der Waals surface area contributed by atoms with Crippen LogP contribution in [0, 0.1) is 0 Å². The fourth-order valence-electron chi connectivity index (χ4n) is 3.28.